The van der Waals surface area contributed by atoms with Gasteiger partial charge in [0.15, 0.2) is 5.78 Å². The van der Waals surface area contributed by atoms with E-state index in [1.54, 1.807) is 24.3 Å². The van der Waals surface area contributed by atoms with Crippen LogP contribution in [0, 0.1) is 13.8 Å². The number of aryl methyl sites for hydroxylation is 2. The molecule has 4 rings (SSSR count). The van der Waals surface area contributed by atoms with Gasteiger partial charge in [-0.15, -0.1) is 0 Å². The molecule has 0 aliphatic heterocycles. The molecule has 1 heterocycles. The van der Waals surface area contributed by atoms with Gasteiger partial charge in [0, 0.05) is 28.1 Å². The number of carbonyl (C=O) groups is 2. The van der Waals surface area contributed by atoms with Gasteiger partial charge in [-0.2, -0.15) is 5.10 Å². The molecule has 0 aliphatic carbocycles. The maximum Gasteiger partial charge on any atom is 0.255 e. The number of aromatic nitrogens is 2. The van der Waals surface area contributed by atoms with E-state index in [-0.39, 0.29) is 17.1 Å². The molecule has 5 nitrogen and oxygen atoms in total. The van der Waals surface area contributed by atoms with Gasteiger partial charge >= 0.3 is 0 Å². The highest BCUT2D eigenvalue weighted by Gasteiger charge is 2.16. The summed E-state index contributed by atoms with van der Waals surface area (Å²) in [5.74, 6) is -0.295. The molecule has 178 valence electrons. The summed E-state index contributed by atoms with van der Waals surface area (Å²) in [7, 11) is 0. The van der Waals surface area contributed by atoms with Gasteiger partial charge in [-0.3, -0.25) is 14.3 Å². The third kappa shape index (κ3) is 5.75. The molecule has 0 bridgehead atoms. The normalized spacial score (nSPS) is 11.3. The number of ketones is 1. The Morgan fingerprint density at radius 3 is 2.09 bits per heavy atom. The smallest absolute Gasteiger partial charge is 0.255 e. The SMILES string of the molecule is Cc1cc(C)n(Cc2ccc(C(=O)Nc3cccc(C(=O)c4ccc(C(C)(C)C)cc4)c3)cc2)n1. The van der Waals surface area contributed by atoms with Crippen molar-refractivity contribution >= 4 is 17.4 Å². The van der Waals surface area contributed by atoms with E-state index in [1.165, 1.54) is 5.56 Å². The third-order valence-corrected chi connectivity index (χ3v) is 6.05. The Kier molecular flexibility index (Phi) is 6.70. The zero-order valence-corrected chi connectivity index (χ0v) is 20.9. The summed E-state index contributed by atoms with van der Waals surface area (Å²) in [6.07, 6.45) is 0. The Morgan fingerprint density at radius 2 is 1.49 bits per heavy atom. The molecule has 0 atom stereocenters. The summed E-state index contributed by atoms with van der Waals surface area (Å²) in [5.41, 5.74) is 6.65. The van der Waals surface area contributed by atoms with Crippen LogP contribution in [0.25, 0.3) is 0 Å². The molecule has 1 N–H and O–H groups in total. The zero-order chi connectivity index (χ0) is 25.2. The number of nitrogens with one attached hydrogen (secondary N) is 1. The predicted octanol–water partition coefficient (Wildman–Crippen LogP) is 6.33. The van der Waals surface area contributed by atoms with E-state index < -0.39 is 0 Å². The van der Waals surface area contributed by atoms with E-state index in [4.69, 9.17) is 0 Å². The lowest BCUT2D eigenvalue weighted by molar-refractivity contribution is 0.102. The second-order valence-electron chi connectivity index (χ2n) is 9.97. The minimum Gasteiger partial charge on any atom is -0.322 e. The molecular weight excluding hydrogens is 434 g/mol. The van der Waals surface area contributed by atoms with Gasteiger partial charge in [0.05, 0.1) is 12.2 Å². The van der Waals surface area contributed by atoms with Crippen LogP contribution < -0.4 is 5.32 Å². The number of hydrogen-bond donors (Lipinski definition) is 1. The van der Waals surface area contributed by atoms with Crippen LogP contribution in [0.1, 0.15) is 69.6 Å². The van der Waals surface area contributed by atoms with Gasteiger partial charge < -0.3 is 5.32 Å². The van der Waals surface area contributed by atoms with E-state index in [0.29, 0.717) is 28.9 Å². The Hall–Kier alpha value is -3.99. The van der Waals surface area contributed by atoms with E-state index in [9.17, 15) is 9.59 Å². The van der Waals surface area contributed by atoms with E-state index in [1.807, 2.05) is 73.1 Å². The minimum absolute atomic E-state index is 0.0289. The molecule has 0 unspecified atom stereocenters. The molecule has 1 aromatic heterocycles. The lowest BCUT2D eigenvalue weighted by Crippen LogP contribution is -2.13. The fourth-order valence-corrected chi connectivity index (χ4v) is 4.00. The molecular formula is C30H31N3O2. The predicted molar refractivity (Wildman–Crippen MR) is 140 cm³/mol. The summed E-state index contributed by atoms with van der Waals surface area (Å²) in [6.45, 7) is 11.1. The van der Waals surface area contributed by atoms with E-state index in [0.717, 1.165) is 17.0 Å². The molecule has 0 radical (unpaired) electrons. The first-order chi connectivity index (χ1) is 16.6. The van der Waals surface area contributed by atoms with Gasteiger partial charge in [-0.1, -0.05) is 69.3 Å². The van der Waals surface area contributed by atoms with Crippen LogP contribution in [-0.2, 0) is 12.0 Å². The second kappa shape index (κ2) is 9.71. The van der Waals surface area contributed by atoms with Crippen molar-refractivity contribution in [2.45, 2.75) is 46.6 Å². The number of rotatable bonds is 6. The molecule has 0 spiro atoms. The Morgan fingerprint density at radius 1 is 0.829 bits per heavy atom. The third-order valence-electron chi connectivity index (χ3n) is 6.05. The van der Waals surface area contributed by atoms with Crippen molar-refractivity contribution in [3.63, 3.8) is 0 Å². The molecule has 1 amide bonds. The quantitative estimate of drug-likeness (QED) is 0.339. The molecule has 3 aromatic carbocycles. The number of nitrogens with zero attached hydrogens (tertiary/aromatic N) is 2. The second-order valence-corrected chi connectivity index (χ2v) is 9.97. The number of benzene rings is 3. The standard InChI is InChI=1S/C30H31N3O2/c1-20-17-21(2)33(32-20)19-22-9-11-24(12-10-22)29(35)31-27-8-6-7-25(18-27)28(34)23-13-15-26(16-14-23)30(3,4)5/h6-18H,19H2,1-5H3,(H,31,35). The molecule has 0 aliphatic rings. The van der Waals surface area contributed by atoms with Gasteiger partial charge in [0.2, 0.25) is 0 Å². The first-order valence-electron chi connectivity index (χ1n) is 11.8. The molecule has 4 aromatic rings. The maximum absolute atomic E-state index is 13.0. The van der Waals surface area contributed by atoms with Gasteiger partial charge in [-0.25, -0.2) is 0 Å². The number of anilines is 1. The first-order valence-corrected chi connectivity index (χ1v) is 11.8. The van der Waals surface area contributed by atoms with Crippen LogP contribution in [0.5, 0.6) is 0 Å². The zero-order valence-electron chi connectivity index (χ0n) is 20.9. The summed E-state index contributed by atoms with van der Waals surface area (Å²) in [6, 6.07) is 24.3. The van der Waals surface area contributed by atoms with Crippen LogP contribution in [0.4, 0.5) is 5.69 Å². The fraction of sp³-hybridized carbons (Fsp3) is 0.233. The Bertz CT molecular complexity index is 1360. The monoisotopic (exact) mass is 465 g/mol. The van der Waals surface area contributed by atoms with Crippen molar-refractivity contribution in [1.82, 2.24) is 9.78 Å². The Labute approximate surface area is 206 Å². The van der Waals surface area contributed by atoms with Crippen molar-refractivity contribution in [2.75, 3.05) is 5.32 Å². The average molecular weight is 466 g/mol. The van der Waals surface area contributed by atoms with Crippen LogP contribution in [0.2, 0.25) is 0 Å². The number of amides is 1. The van der Waals surface area contributed by atoms with Crippen molar-refractivity contribution in [1.29, 1.82) is 0 Å². The number of carbonyl (C=O) groups excluding carboxylic acids is 2. The molecule has 35 heavy (non-hydrogen) atoms. The highest BCUT2D eigenvalue weighted by molar-refractivity contribution is 6.10. The van der Waals surface area contributed by atoms with Crippen LogP contribution in [-0.4, -0.2) is 21.5 Å². The summed E-state index contributed by atoms with van der Waals surface area (Å²) < 4.78 is 1.95. The lowest BCUT2D eigenvalue weighted by atomic mass is 9.86. The summed E-state index contributed by atoms with van der Waals surface area (Å²) in [4.78, 5) is 25.8. The lowest BCUT2D eigenvalue weighted by Gasteiger charge is -2.19. The van der Waals surface area contributed by atoms with Crippen molar-refractivity contribution < 1.29 is 9.59 Å². The highest BCUT2D eigenvalue weighted by atomic mass is 16.1. The summed E-state index contributed by atoms with van der Waals surface area (Å²) in [5, 5.41) is 7.39. The van der Waals surface area contributed by atoms with E-state index >= 15 is 0 Å². The number of hydrogen-bond acceptors (Lipinski definition) is 3. The summed E-state index contributed by atoms with van der Waals surface area (Å²) >= 11 is 0. The Balaban J connectivity index is 1.44. The largest absolute Gasteiger partial charge is 0.322 e. The molecule has 0 fully saturated rings. The maximum atomic E-state index is 13.0. The van der Waals surface area contributed by atoms with Crippen LogP contribution in [0.3, 0.4) is 0 Å². The average Bonchev–Trinajstić information content (AvgIpc) is 3.15. The van der Waals surface area contributed by atoms with Crippen molar-refractivity contribution in [3.8, 4) is 0 Å². The van der Waals surface area contributed by atoms with Crippen LogP contribution in [0.15, 0.2) is 78.9 Å². The fourth-order valence-electron chi connectivity index (χ4n) is 4.00. The molecule has 0 saturated carbocycles. The topological polar surface area (TPSA) is 64.0 Å². The highest BCUT2D eigenvalue weighted by Crippen LogP contribution is 2.23. The first kappa shape index (κ1) is 24.1. The van der Waals surface area contributed by atoms with Crippen molar-refractivity contribution in [2.24, 2.45) is 0 Å². The molecule has 5 heteroatoms. The van der Waals surface area contributed by atoms with Crippen LogP contribution >= 0.6 is 0 Å². The van der Waals surface area contributed by atoms with Gasteiger partial charge in [0.1, 0.15) is 0 Å². The van der Waals surface area contributed by atoms with E-state index in [2.05, 4.69) is 31.2 Å². The minimum atomic E-state index is -0.221. The van der Waals surface area contributed by atoms with Crippen molar-refractivity contribution in [3.05, 3.63) is 118 Å². The van der Waals surface area contributed by atoms with Gasteiger partial charge in [-0.05, 0) is 60.7 Å². The molecule has 0 saturated heterocycles. The van der Waals surface area contributed by atoms with Gasteiger partial charge in [0.25, 0.3) is 5.91 Å².